The molecule has 0 unspecified atom stereocenters. The molecule has 2 heterocycles. The van der Waals surface area contributed by atoms with Gasteiger partial charge in [0.2, 0.25) is 0 Å². The van der Waals surface area contributed by atoms with Crippen molar-refractivity contribution in [3.63, 3.8) is 0 Å². The first-order valence-electron chi connectivity index (χ1n) is 14.1. The number of fused-ring (bicyclic) bond motifs is 1. The van der Waals surface area contributed by atoms with Gasteiger partial charge in [0.25, 0.3) is 0 Å². The van der Waals surface area contributed by atoms with Crippen LogP contribution in [0.1, 0.15) is 49.3 Å². The van der Waals surface area contributed by atoms with Crippen LogP contribution in [0.15, 0.2) is 53.0 Å². The first kappa shape index (κ1) is 23.7. The maximum absolute atomic E-state index is 13.2. The Bertz CT molecular complexity index is 1370. The van der Waals surface area contributed by atoms with Crippen LogP contribution in [0.5, 0.6) is 11.5 Å². The summed E-state index contributed by atoms with van der Waals surface area (Å²) in [5, 5.41) is 0. The Hall–Kier alpha value is -2.15. The van der Waals surface area contributed by atoms with Gasteiger partial charge >= 0.3 is 0 Å². The molecule has 0 aromatic heterocycles. The van der Waals surface area contributed by atoms with Crippen molar-refractivity contribution in [2.45, 2.75) is 68.8 Å². The number of halogens is 1. The molecule has 2 aromatic rings. The predicted molar refractivity (Wildman–Crippen MR) is 148 cm³/mol. The maximum atomic E-state index is 13.2. The van der Waals surface area contributed by atoms with Gasteiger partial charge in [-0.25, -0.2) is 0 Å². The summed E-state index contributed by atoms with van der Waals surface area (Å²) in [6, 6.07) is 12.7. The Morgan fingerprint density at radius 2 is 2.03 bits per heavy atom. The number of hydrogen-bond acceptors (Lipinski definition) is 5. The number of carbonyl (C=O) groups is 1. The zero-order valence-corrected chi connectivity index (χ0v) is 23.6. The SMILES string of the molecule is CO[C@@]12C=C[C@]3(C[C@H]1C(C)=O)[C@@H]1Cc4c(Br)cc(OCc5ccccc5)c5c4[C@]3(CCN1CC1CC1)[C@@H]2O5. The van der Waals surface area contributed by atoms with E-state index in [-0.39, 0.29) is 28.6 Å². The Balaban J connectivity index is 1.32. The van der Waals surface area contributed by atoms with Crippen molar-refractivity contribution in [2.24, 2.45) is 17.3 Å². The molecule has 6 atom stereocenters. The molecule has 7 aliphatic rings. The van der Waals surface area contributed by atoms with Crippen LogP contribution in [-0.4, -0.2) is 48.6 Å². The van der Waals surface area contributed by atoms with Gasteiger partial charge in [-0.1, -0.05) is 58.4 Å². The lowest BCUT2D eigenvalue weighted by Gasteiger charge is -2.71. The molecule has 9 rings (SSSR count). The molecule has 4 bridgehead atoms. The highest BCUT2D eigenvalue weighted by Gasteiger charge is 2.79. The third-order valence-corrected chi connectivity index (χ3v) is 11.6. The van der Waals surface area contributed by atoms with Crippen LogP contribution in [0, 0.1) is 17.3 Å². The highest BCUT2D eigenvalue weighted by molar-refractivity contribution is 9.10. The van der Waals surface area contributed by atoms with E-state index in [0.717, 1.165) is 53.3 Å². The third-order valence-electron chi connectivity index (χ3n) is 10.9. The number of hydrogen-bond donors (Lipinski definition) is 0. The van der Waals surface area contributed by atoms with Gasteiger partial charge in [-0.2, -0.15) is 0 Å². The molecule has 198 valence electrons. The van der Waals surface area contributed by atoms with E-state index >= 15 is 0 Å². The highest BCUT2D eigenvalue weighted by atomic mass is 79.9. The van der Waals surface area contributed by atoms with E-state index in [1.54, 1.807) is 14.0 Å². The number of benzene rings is 2. The van der Waals surface area contributed by atoms with E-state index in [1.807, 2.05) is 18.2 Å². The van der Waals surface area contributed by atoms with Crippen molar-refractivity contribution in [1.82, 2.24) is 4.90 Å². The molecule has 2 spiro atoms. The molecule has 6 heteroatoms. The molecule has 2 saturated carbocycles. The van der Waals surface area contributed by atoms with Crippen molar-refractivity contribution in [1.29, 1.82) is 0 Å². The Labute approximate surface area is 232 Å². The van der Waals surface area contributed by atoms with E-state index in [2.05, 4.69) is 51.2 Å². The van der Waals surface area contributed by atoms with E-state index < -0.39 is 5.60 Å². The Morgan fingerprint density at radius 3 is 2.76 bits per heavy atom. The minimum atomic E-state index is -0.770. The zero-order valence-electron chi connectivity index (χ0n) is 22.0. The second-order valence-electron chi connectivity index (χ2n) is 12.5. The predicted octanol–water partition coefficient (Wildman–Crippen LogP) is 5.62. The van der Waals surface area contributed by atoms with E-state index in [4.69, 9.17) is 14.2 Å². The maximum Gasteiger partial charge on any atom is 0.166 e. The topological polar surface area (TPSA) is 48.0 Å². The molecule has 5 nitrogen and oxygen atoms in total. The molecule has 0 radical (unpaired) electrons. The van der Waals surface area contributed by atoms with Gasteiger partial charge in [-0.15, -0.1) is 0 Å². The normalized spacial score (nSPS) is 37.6. The molecule has 0 N–H and O–H groups in total. The molecule has 38 heavy (non-hydrogen) atoms. The lowest BCUT2D eigenvalue weighted by atomic mass is 9.37. The summed E-state index contributed by atoms with van der Waals surface area (Å²) in [6.45, 7) is 4.45. The molecular formula is C32H34BrNO4. The van der Waals surface area contributed by atoms with E-state index in [0.29, 0.717) is 12.6 Å². The van der Waals surface area contributed by atoms with Crippen LogP contribution in [0.2, 0.25) is 0 Å². The van der Waals surface area contributed by atoms with Gasteiger partial charge in [-0.3, -0.25) is 9.69 Å². The summed E-state index contributed by atoms with van der Waals surface area (Å²) in [5.41, 5.74) is 2.64. The van der Waals surface area contributed by atoms with Gasteiger partial charge in [-0.05, 0) is 68.7 Å². The lowest BCUT2D eigenvalue weighted by molar-refractivity contribution is -0.214. The number of ketones is 1. The van der Waals surface area contributed by atoms with Crippen molar-refractivity contribution in [3.8, 4) is 11.5 Å². The van der Waals surface area contributed by atoms with Crippen molar-refractivity contribution < 1.29 is 19.0 Å². The molecule has 1 saturated heterocycles. The van der Waals surface area contributed by atoms with Crippen molar-refractivity contribution >= 4 is 21.7 Å². The van der Waals surface area contributed by atoms with Crippen LogP contribution in [0.25, 0.3) is 0 Å². The molecule has 5 aliphatic carbocycles. The first-order valence-corrected chi connectivity index (χ1v) is 14.9. The summed E-state index contributed by atoms with van der Waals surface area (Å²) >= 11 is 3.98. The summed E-state index contributed by atoms with van der Waals surface area (Å²) in [6.07, 6.45) is 9.91. The summed E-state index contributed by atoms with van der Waals surface area (Å²) in [7, 11) is 1.76. The number of ether oxygens (including phenoxy) is 3. The van der Waals surface area contributed by atoms with Crippen LogP contribution >= 0.6 is 15.9 Å². The number of rotatable bonds is 7. The standard InChI is InChI=1S/C32H34BrNO4/c1-19(35)23-16-30-10-11-32(23,36-2)29-31(30)12-13-34(17-20-8-9-20)26(30)14-22-24(33)15-25(28(38-29)27(22)31)37-18-21-6-4-3-5-7-21/h3-7,10-11,15,20,23,26,29H,8-9,12-14,16-18H2,1-2H3/t23-,26-,29-,30-,31+,32-/m0/s1. The smallest absolute Gasteiger partial charge is 0.166 e. The van der Waals surface area contributed by atoms with Crippen molar-refractivity contribution in [3.05, 3.63) is 69.7 Å². The molecular weight excluding hydrogens is 542 g/mol. The van der Waals surface area contributed by atoms with E-state index in [1.165, 1.54) is 30.5 Å². The van der Waals surface area contributed by atoms with Gasteiger partial charge in [0.05, 0.1) is 11.3 Å². The molecule has 2 aliphatic heterocycles. The number of likely N-dealkylation sites (tertiary alicyclic amines) is 1. The summed E-state index contributed by atoms with van der Waals surface area (Å²) in [4.78, 5) is 16.0. The fourth-order valence-electron chi connectivity index (χ4n) is 9.11. The molecule has 2 aromatic carbocycles. The number of nitrogens with zero attached hydrogens (tertiary/aromatic N) is 1. The van der Waals surface area contributed by atoms with Crippen LogP contribution in [0.4, 0.5) is 0 Å². The van der Waals surface area contributed by atoms with Gasteiger partial charge in [0.15, 0.2) is 11.5 Å². The van der Waals surface area contributed by atoms with Crippen molar-refractivity contribution in [2.75, 3.05) is 20.2 Å². The summed E-state index contributed by atoms with van der Waals surface area (Å²) < 4.78 is 21.1. The van der Waals surface area contributed by atoms with Crippen LogP contribution in [-0.2, 0) is 28.0 Å². The second-order valence-corrected chi connectivity index (χ2v) is 13.3. The fourth-order valence-corrected chi connectivity index (χ4v) is 9.68. The monoisotopic (exact) mass is 575 g/mol. The minimum absolute atomic E-state index is 0.156. The Kier molecular flexibility index (Phi) is 4.96. The number of carbonyl (C=O) groups excluding carboxylic acids is 1. The lowest BCUT2D eigenvalue weighted by Crippen LogP contribution is -2.79. The fraction of sp³-hybridized carbons (Fsp3) is 0.531. The van der Waals surface area contributed by atoms with E-state index in [9.17, 15) is 4.79 Å². The summed E-state index contributed by atoms with van der Waals surface area (Å²) in [5.74, 6) is 2.46. The van der Waals surface area contributed by atoms with Gasteiger partial charge < -0.3 is 14.2 Å². The number of Topliss-reactive ketones (excluding diaryl/α,β-unsaturated/α-hetero) is 1. The quantitative estimate of drug-likeness (QED) is 0.401. The Morgan fingerprint density at radius 1 is 1.21 bits per heavy atom. The number of piperidine rings is 1. The highest BCUT2D eigenvalue weighted by Crippen LogP contribution is 2.75. The van der Waals surface area contributed by atoms with Gasteiger partial charge in [0, 0.05) is 35.1 Å². The van der Waals surface area contributed by atoms with Gasteiger partial charge in [0.1, 0.15) is 24.1 Å². The first-order chi connectivity index (χ1) is 18.4. The van der Waals surface area contributed by atoms with Crippen LogP contribution in [0.3, 0.4) is 0 Å². The largest absolute Gasteiger partial charge is 0.485 e. The number of methoxy groups -OCH3 is 1. The average molecular weight is 577 g/mol. The minimum Gasteiger partial charge on any atom is -0.485 e. The zero-order chi connectivity index (χ0) is 25.9. The third kappa shape index (κ3) is 2.82. The van der Waals surface area contributed by atoms with Crippen LogP contribution < -0.4 is 9.47 Å². The molecule has 0 amide bonds. The average Bonchev–Trinajstić information content (AvgIpc) is 3.68. The second kappa shape index (κ2) is 7.96. The molecule has 3 fully saturated rings.